The quantitative estimate of drug-likeness (QED) is 0.761. The van der Waals surface area contributed by atoms with E-state index in [0.29, 0.717) is 0 Å². The molecule has 4 heteroatoms. The molecule has 0 aliphatic carbocycles. The third-order valence-corrected chi connectivity index (χ3v) is 1.98. The molecule has 0 bridgehead atoms. The number of para-hydroxylation sites is 1. The van der Waals surface area contributed by atoms with Crippen LogP contribution in [0.4, 0.5) is 5.69 Å². The molecule has 1 unspecified atom stereocenters. The summed E-state index contributed by atoms with van der Waals surface area (Å²) in [5.41, 5.74) is 1.05. The molecule has 0 aromatic heterocycles. The van der Waals surface area contributed by atoms with Crippen molar-refractivity contribution in [1.29, 1.82) is 0 Å². The van der Waals surface area contributed by atoms with Gasteiger partial charge >= 0.3 is 0 Å². The van der Waals surface area contributed by atoms with E-state index in [0.717, 1.165) is 5.69 Å². The summed E-state index contributed by atoms with van der Waals surface area (Å²) in [5, 5.41) is 3.27. The number of nitrogens with one attached hydrogen (secondary N) is 1. The number of hydrogen-bond donors (Lipinski definition) is 1. The highest BCUT2D eigenvalue weighted by Crippen LogP contribution is 2.09. The highest BCUT2D eigenvalue weighted by Gasteiger charge is 2.10. The van der Waals surface area contributed by atoms with Crippen LogP contribution in [0.1, 0.15) is 0 Å². The van der Waals surface area contributed by atoms with Crippen molar-refractivity contribution in [1.82, 2.24) is 4.90 Å². The molecule has 72 valence electrons. The Balaban J connectivity index is 2.05. The smallest absolute Gasteiger partial charge is 0.198 e. The van der Waals surface area contributed by atoms with Crippen LogP contribution in [0.3, 0.4) is 0 Å². The minimum Gasteiger partial charge on any atom is -0.347 e. The van der Waals surface area contributed by atoms with Crippen molar-refractivity contribution in [2.75, 3.05) is 12.4 Å². The molecule has 0 amide bonds. The topological polar surface area (TPSA) is 40.0 Å². The standard InChI is InChI=1S/C10H12N4/c1-14-8-11-7-12-10(14)13-9-5-3-2-4-6-9/h2-8,10,13H,1H3. The van der Waals surface area contributed by atoms with E-state index in [1.165, 1.54) is 0 Å². The first-order valence-corrected chi connectivity index (χ1v) is 4.45. The fourth-order valence-corrected chi connectivity index (χ4v) is 1.23. The molecule has 1 aliphatic heterocycles. The van der Waals surface area contributed by atoms with E-state index in [9.17, 15) is 0 Å². The molecule has 14 heavy (non-hydrogen) atoms. The Morgan fingerprint density at radius 3 is 2.79 bits per heavy atom. The third-order valence-electron chi connectivity index (χ3n) is 1.98. The van der Waals surface area contributed by atoms with Gasteiger partial charge in [0.2, 0.25) is 0 Å². The zero-order chi connectivity index (χ0) is 9.80. The second-order valence-electron chi connectivity index (χ2n) is 3.08. The molecule has 0 radical (unpaired) electrons. The SMILES string of the molecule is CN1C=NC=NC1Nc1ccccc1. The van der Waals surface area contributed by atoms with Gasteiger partial charge in [-0.1, -0.05) is 18.2 Å². The maximum atomic E-state index is 4.20. The highest BCUT2D eigenvalue weighted by atomic mass is 15.4. The summed E-state index contributed by atoms with van der Waals surface area (Å²) in [6, 6.07) is 9.98. The van der Waals surface area contributed by atoms with E-state index in [2.05, 4.69) is 15.3 Å². The van der Waals surface area contributed by atoms with Gasteiger partial charge in [-0.05, 0) is 12.1 Å². The van der Waals surface area contributed by atoms with Crippen molar-refractivity contribution in [3.8, 4) is 0 Å². The molecule has 0 fully saturated rings. The van der Waals surface area contributed by atoms with Gasteiger partial charge in [-0.25, -0.2) is 9.98 Å². The Labute approximate surface area is 83.0 Å². The van der Waals surface area contributed by atoms with Gasteiger partial charge in [0.25, 0.3) is 0 Å². The number of hydrogen-bond acceptors (Lipinski definition) is 4. The predicted molar refractivity (Wildman–Crippen MR) is 58.6 cm³/mol. The highest BCUT2D eigenvalue weighted by molar-refractivity contribution is 5.73. The van der Waals surface area contributed by atoms with E-state index < -0.39 is 0 Å². The molecule has 2 rings (SSSR count). The second-order valence-corrected chi connectivity index (χ2v) is 3.08. The van der Waals surface area contributed by atoms with Crippen molar-refractivity contribution in [2.45, 2.75) is 6.29 Å². The van der Waals surface area contributed by atoms with Crippen LogP contribution in [0.5, 0.6) is 0 Å². The first kappa shape index (κ1) is 8.74. The van der Waals surface area contributed by atoms with E-state index >= 15 is 0 Å². The van der Waals surface area contributed by atoms with E-state index in [-0.39, 0.29) is 6.29 Å². The normalized spacial score (nSPS) is 19.8. The lowest BCUT2D eigenvalue weighted by atomic mass is 10.3. The van der Waals surface area contributed by atoms with Gasteiger partial charge in [0.1, 0.15) is 6.34 Å². The summed E-state index contributed by atoms with van der Waals surface area (Å²) >= 11 is 0. The molecule has 0 saturated carbocycles. The van der Waals surface area contributed by atoms with Crippen molar-refractivity contribution in [3.05, 3.63) is 30.3 Å². The van der Waals surface area contributed by atoms with Crippen LogP contribution >= 0.6 is 0 Å². The molecule has 1 N–H and O–H groups in total. The fraction of sp³-hybridized carbons (Fsp3) is 0.200. The number of aliphatic imine (C=N–C) groups is 2. The lowest BCUT2D eigenvalue weighted by Crippen LogP contribution is -2.37. The van der Waals surface area contributed by atoms with Crippen LogP contribution in [-0.2, 0) is 0 Å². The van der Waals surface area contributed by atoms with Crippen LogP contribution in [-0.4, -0.2) is 30.9 Å². The molecule has 1 aromatic rings. The Morgan fingerprint density at radius 2 is 2.07 bits per heavy atom. The van der Waals surface area contributed by atoms with Gasteiger partial charge in [0.15, 0.2) is 6.29 Å². The molecule has 1 aromatic carbocycles. The van der Waals surface area contributed by atoms with Gasteiger partial charge in [-0.2, -0.15) is 0 Å². The molecular weight excluding hydrogens is 176 g/mol. The number of benzene rings is 1. The molecule has 1 heterocycles. The monoisotopic (exact) mass is 188 g/mol. The number of anilines is 1. The van der Waals surface area contributed by atoms with Crippen molar-refractivity contribution >= 4 is 18.4 Å². The molecule has 4 nitrogen and oxygen atoms in total. The van der Waals surface area contributed by atoms with E-state index in [1.807, 2.05) is 42.3 Å². The maximum absolute atomic E-state index is 4.20. The average molecular weight is 188 g/mol. The first-order valence-electron chi connectivity index (χ1n) is 4.45. The van der Waals surface area contributed by atoms with E-state index in [1.54, 1.807) is 12.7 Å². The Bertz CT molecular complexity index is 344. The number of rotatable bonds is 2. The summed E-state index contributed by atoms with van der Waals surface area (Å²) in [6.07, 6.45) is 3.24. The van der Waals surface area contributed by atoms with Gasteiger partial charge in [-0.15, -0.1) is 0 Å². The van der Waals surface area contributed by atoms with Gasteiger partial charge < -0.3 is 10.2 Å². The summed E-state index contributed by atoms with van der Waals surface area (Å²) in [7, 11) is 1.93. The van der Waals surface area contributed by atoms with Crippen LogP contribution in [0.15, 0.2) is 40.3 Å². The summed E-state index contributed by atoms with van der Waals surface area (Å²) in [6.45, 7) is 0. The summed E-state index contributed by atoms with van der Waals surface area (Å²) in [4.78, 5) is 10.0. The van der Waals surface area contributed by atoms with Crippen LogP contribution in [0.25, 0.3) is 0 Å². The fourth-order valence-electron chi connectivity index (χ4n) is 1.23. The van der Waals surface area contributed by atoms with Gasteiger partial charge in [0.05, 0.1) is 6.34 Å². The van der Waals surface area contributed by atoms with Crippen molar-refractivity contribution in [3.63, 3.8) is 0 Å². The third kappa shape index (κ3) is 1.90. The second kappa shape index (κ2) is 3.91. The lowest BCUT2D eigenvalue weighted by Gasteiger charge is -2.25. The summed E-state index contributed by atoms with van der Waals surface area (Å²) in [5.74, 6) is 0. The van der Waals surface area contributed by atoms with Crippen molar-refractivity contribution in [2.24, 2.45) is 9.98 Å². The Kier molecular flexibility index (Phi) is 2.44. The molecule has 1 aliphatic rings. The lowest BCUT2D eigenvalue weighted by molar-refractivity contribution is 0.421. The molecule has 0 spiro atoms. The van der Waals surface area contributed by atoms with Gasteiger partial charge in [0, 0.05) is 12.7 Å². The zero-order valence-electron chi connectivity index (χ0n) is 7.96. The average Bonchev–Trinajstić information content (AvgIpc) is 2.23. The van der Waals surface area contributed by atoms with Crippen LogP contribution in [0.2, 0.25) is 0 Å². The van der Waals surface area contributed by atoms with Crippen LogP contribution in [0, 0.1) is 0 Å². The van der Waals surface area contributed by atoms with Crippen LogP contribution < -0.4 is 5.32 Å². The van der Waals surface area contributed by atoms with Gasteiger partial charge in [-0.3, -0.25) is 0 Å². The minimum atomic E-state index is -0.0603. The molecular formula is C10H12N4. The maximum Gasteiger partial charge on any atom is 0.198 e. The first-order chi connectivity index (χ1) is 6.86. The largest absolute Gasteiger partial charge is 0.347 e. The predicted octanol–water partition coefficient (Wildman–Crippen LogP) is 1.38. The van der Waals surface area contributed by atoms with E-state index in [4.69, 9.17) is 0 Å². The Morgan fingerprint density at radius 1 is 1.29 bits per heavy atom. The molecule has 0 saturated heterocycles. The zero-order valence-corrected chi connectivity index (χ0v) is 7.96. The number of nitrogens with zero attached hydrogens (tertiary/aromatic N) is 3. The molecule has 1 atom stereocenters. The Hall–Kier alpha value is -1.84. The van der Waals surface area contributed by atoms with Crippen molar-refractivity contribution < 1.29 is 0 Å². The summed E-state index contributed by atoms with van der Waals surface area (Å²) < 4.78 is 0. The minimum absolute atomic E-state index is 0.0603.